The van der Waals surface area contributed by atoms with Gasteiger partial charge in [-0.25, -0.2) is 8.42 Å². The summed E-state index contributed by atoms with van der Waals surface area (Å²) in [7, 11) is -3.43. The number of hydrogen-bond donors (Lipinski definition) is 1. The van der Waals surface area contributed by atoms with Crippen LogP contribution in [0.2, 0.25) is 0 Å². The summed E-state index contributed by atoms with van der Waals surface area (Å²) in [6.07, 6.45) is 1.11. The van der Waals surface area contributed by atoms with Gasteiger partial charge in [-0.05, 0) is 6.54 Å². The van der Waals surface area contributed by atoms with Gasteiger partial charge < -0.3 is 20.1 Å². The third kappa shape index (κ3) is 2.44. The molecule has 2 N–H and O–H groups in total. The minimum absolute atomic E-state index is 0.00690. The number of hydrogen-bond acceptors (Lipinski definition) is 7. The molecule has 2 rings (SSSR count). The van der Waals surface area contributed by atoms with E-state index in [1.807, 2.05) is 4.90 Å². The van der Waals surface area contributed by atoms with Gasteiger partial charge in [0.25, 0.3) is 0 Å². The van der Waals surface area contributed by atoms with Crippen LogP contribution in [0.1, 0.15) is 6.92 Å². The van der Waals surface area contributed by atoms with Gasteiger partial charge in [0, 0.05) is 32.4 Å². The van der Waals surface area contributed by atoms with Crippen molar-refractivity contribution in [2.45, 2.75) is 11.8 Å². The van der Waals surface area contributed by atoms with Gasteiger partial charge in [-0.2, -0.15) is 0 Å². The summed E-state index contributed by atoms with van der Waals surface area (Å²) in [5, 5.41) is 3.78. The largest absolute Gasteiger partial charge is 0.366 e. The van der Waals surface area contributed by atoms with Crippen LogP contribution in [0, 0.1) is 0 Å². The van der Waals surface area contributed by atoms with E-state index in [4.69, 9.17) is 10.3 Å². The van der Waals surface area contributed by atoms with Crippen LogP contribution in [-0.4, -0.2) is 57.5 Å². The van der Waals surface area contributed by atoms with Crippen molar-refractivity contribution in [1.29, 1.82) is 0 Å². The van der Waals surface area contributed by atoms with Crippen LogP contribution in [0.25, 0.3) is 0 Å². The third-order valence-corrected chi connectivity index (χ3v) is 4.27. The lowest BCUT2D eigenvalue weighted by Gasteiger charge is -2.34. The molecule has 1 aliphatic heterocycles. The molecule has 2 heterocycles. The predicted molar refractivity (Wildman–Crippen MR) is 68.4 cm³/mol. The lowest BCUT2D eigenvalue weighted by molar-refractivity contribution is 0.269. The second-order valence-corrected chi connectivity index (χ2v) is 6.35. The number of sulfone groups is 1. The molecule has 0 amide bonds. The number of nitrogen functional groups attached to an aromatic ring is 1. The summed E-state index contributed by atoms with van der Waals surface area (Å²) in [6.45, 7) is 6.31. The summed E-state index contributed by atoms with van der Waals surface area (Å²) in [5.74, 6) is 0.205. The highest BCUT2D eigenvalue weighted by molar-refractivity contribution is 7.91. The van der Waals surface area contributed by atoms with E-state index < -0.39 is 9.84 Å². The van der Waals surface area contributed by atoms with Crippen LogP contribution in [0.4, 0.5) is 11.7 Å². The van der Waals surface area contributed by atoms with Crippen molar-refractivity contribution >= 4 is 21.5 Å². The second kappa shape index (κ2) is 4.77. The van der Waals surface area contributed by atoms with E-state index in [-0.39, 0.29) is 10.8 Å². The SMILES string of the molecule is CCN1CCN(c2noc(N)c2S(C)(=O)=O)CC1. The molecule has 7 nitrogen and oxygen atoms in total. The molecule has 8 heteroatoms. The van der Waals surface area contributed by atoms with E-state index in [2.05, 4.69) is 17.0 Å². The van der Waals surface area contributed by atoms with E-state index in [9.17, 15) is 8.42 Å². The van der Waals surface area contributed by atoms with E-state index >= 15 is 0 Å². The fraction of sp³-hybridized carbons (Fsp3) is 0.700. The Hall–Kier alpha value is -1.28. The Morgan fingerprint density at radius 3 is 2.44 bits per heavy atom. The Morgan fingerprint density at radius 2 is 1.94 bits per heavy atom. The normalized spacial score (nSPS) is 18.2. The maximum Gasteiger partial charge on any atom is 0.243 e. The van der Waals surface area contributed by atoms with Gasteiger partial charge in [-0.3, -0.25) is 0 Å². The number of nitrogens with zero attached hydrogens (tertiary/aromatic N) is 3. The van der Waals surface area contributed by atoms with E-state index in [0.717, 1.165) is 39.0 Å². The predicted octanol–water partition coefficient (Wildman–Crippen LogP) is -0.198. The first kappa shape index (κ1) is 13.2. The molecule has 0 atom stereocenters. The number of aromatic nitrogens is 1. The maximum absolute atomic E-state index is 11.7. The summed E-state index contributed by atoms with van der Waals surface area (Å²) < 4.78 is 28.2. The minimum Gasteiger partial charge on any atom is -0.366 e. The molecule has 0 bridgehead atoms. The Balaban J connectivity index is 2.25. The van der Waals surface area contributed by atoms with Crippen molar-refractivity contribution in [2.24, 2.45) is 0 Å². The second-order valence-electron chi connectivity index (χ2n) is 4.39. The number of rotatable bonds is 3. The minimum atomic E-state index is -3.43. The van der Waals surface area contributed by atoms with Gasteiger partial charge in [-0.15, -0.1) is 0 Å². The highest BCUT2D eigenvalue weighted by atomic mass is 32.2. The average Bonchev–Trinajstić information content (AvgIpc) is 2.71. The first-order valence-electron chi connectivity index (χ1n) is 5.86. The van der Waals surface area contributed by atoms with Crippen LogP contribution in [-0.2, 0) is 9.84 Å². The molecule has 1 aromatic rings. The highest BCUT2D eigenvalue weighted by Crippen LogP contribution is 2.30. The molecule has 0 radical (unpaired) electrons. The molecule has 1 aromatic heterocycles. The van der Waals surface area contributed by atoms with Crippen LogP contribution in [0.5, 0.6) is 0 Å². The molecule has 0 aliphatic carbocycles. The van der Waals surface area contributed by atoms with Crippen molar-refractivity contribution < 1.29 is 12.9 Å². The van der Waals surface area contributed by atoms with Gasteiger partial charge in [0.2, 0.25) is 5.88 Å². The Bertz CT molecular complexity index is 517. The van der Waals surface area contributed by atoms with Crippen molar-refractivity contribution in [3.8, 4) is 0 Å². The van der Waals surface area contributed by atoms with Gasteiger partial charge in [-0.1, -0.05) is 12.1 Å². The first-order chi connectivity index (χ1) is 8.43. The van der Waals surface area contributed by atoms with Crippen molar-refractivity contribution in [1.82, 2.24) is 10.1 Å². The zero-order chi connectivity index (χ0) is 13.3. The number of nitrogens with two attached hydrogens (primary N) is 1. The summed E-state index contributed by atoms with van der Waals surface area (Å²) in [4.78, 5) is 4.20. The molecule has 1 aliphatic rings. The first-order valence-corrected chi connectivity index (χ1v) is 7.75. The molecule has 0 aromatic carbocycles. The fourth-order valence-corrected chi connectivity index (χ4v) is 3.01. The standard InChI is InChI=1S/C10H18N4O3S/c1-3-13-4-6-14(7-5-13)10-8(18(2,15)16)9(11)17-12-10/h3-7,11H2,1-2H3. The van der Waals surface area contributed by atoms with E-state index in [1.54, 1.807) is 0 Å². The van der Waals surface area contributed by atoms with Crippen molar-refractivity contribution in [3.63, 3.8) is 0 Å². The van der Waals surface area contributed by atoms with E-state index in [1.165, 1.54) is 0 Å². The van der Waals surface area contributed by atoms with Crippen LogP contribution in [0.15, 0.2) is 9.42 Å². The van der Waals surface area contributed by atoms with Gasteiger partial charge in [0.05, 0.1) is 0 Å². The molecule has 0 spiro atoms. The van der Waals surface area contributed by atoms with E-state index in [0.29, 0.717) is 5.82 Å². The van der Waals surface area contributed by atoms with Gasteiger partial charge in [0.15, 0.2) is 20.6 Å². The average molecular weight is 274 g/mol. The molecule has 18 heavy (non-hydrogen) atoms. The number of anilines is 2. The Morgan fingerprint density at radius 1 is 1.33 bits per heavy atom. The Kier molecular flexibility index (Phi) is 3.49. The molecular weight excluding hydrogens is 256 g/mol. The lowest BCUT2D eigenvalue weighted by Crippen LogP contribution is -2.46. The third-order valence-electron chi connectivity index (χ3n) is 3.15. The molecule has 1 saturated heterocycles. The molecule has 0 unspecified atom stereocenters. The fourth-order valence-electron chi connectivity index (χ4n) is 2.11. The van der Waals surface area contributed by atoms with Crippen LogP contribution in [0.3, 0.4) is 0 Å². The number of piperazine rings is 1. The van der Waals surface area contributed by atoms with Gasteiger partial charge in [0.1, 0.15) is 0 Å². The number of likely N-dealkylation sites (N-methyl/N-ethyl adjacent to an activating group) is 1. The zero-order valence-electron chi connectivity index (χ0n) is 10.6. The molecular formula is C10H18N4O3S. The highest BCUT2D eigenvalue weighted by Gasteiger charge is 2.28. The molecule has 0 saturated carbocycles. The van der Waals surface area contributed by atoms with Crippen LogP contribution < -0.4 is 10.6 Å². The van der Waals surface area contributed by atoms with Gasteiger partial charge >= 0.3 is 0 Å². The maximum atomic E-state index is 11.7. The molecule has 102 valence electrons. The van der Waals surface area contributed by atoms with Crippen molar-refractivity contribution in [2.75, 3.05) is 49.6 Å². The zero-order valence-corrected chi connectivity index (χ0v) is 11.4. The Labute approximate surface area is 106 Å². The molecule has 1 fully saturated rings. The topological polar surface area (TPSA) is 92.7 Å². The monoisotopic (exact) mass is 274 g/mol. The lowest BCUT2D eigenvalue weighted by atomic mass is 10.3. The quantitative estimate of drug-likeness (QED) is 0.816. The summed E-state index contributed by atoms with van der Waals surface area (Å²) in [6, 6.07) is 0. The summed E-state index contributed by atoms with van der Waals surface area (Å²) in [5.41, 5.74) is 5.54. The van der Waals surface area contributed by atoms with Crippen molar-refractivity contribution in [3.05, 3.63) is 0 Å². The summed E-state index contributed by atoms with van der Waals surface area (Å²) >= 11 is 0. The smallest absolute Gasteiger partial charge is 0.243 e. The van der Waals surface area contributed by atoms with Crippen LogP contribution >= 0.6 is 0 Å².